The molecule has 0 radical (unpaired) electrons. The second-order valence-corrected chi connectivity index (χ2v) is 6.73. The third-order valence-electron chi connectivity index (χ3n) is 4.13. The number of hydrogen-bond donors (Lipinski definition) is 4. The van der Waals surface area contributed by atoms with Crippen molar-refractivity contribution >= 4 is 16.8 Å². The molecule has 2 aromatic rings. The lowest BCUT2D eigenvalue weighted by atomic mass is 10.1. The van der Waals surface area contributed by atoms with E-state index >= 15 is 0 Å². The molecule has 164 valence electrons. The molecule has 2 rings (SSSR count). The first-order chi connectivity index (χ1) is 14.3. The highest BCUT2D eigenvalue weighted by molar-refractivity contribution is 5.85. The highest BCUT2D eigenvalue weighted by Crippen LogP contribution is 2.25. The molecule has 1 heterocycles. The van der Waals surface area contributed by atoms with E-state index < -0.39 is 11.2 Å². The maximum Gasteiger partial charge on any atom is 0.294 e. The van der Waals surface area contributed by atoms with E-state index in [2.05, 4.69) is 20.5 Å². The first-order valence-electron chi connectivity index (χ1n) is 9.54. The fraction of sp³-hybridized carbons (Fsp3) is 0.474. The number of pyridine rings is 1. The molecule has 0 spiro atoms. The second kappa shape index (κ2) is 11.7. The monoisotopic (exact) mass is 422 g/mol. The SMILES string of the molecule is Cc1cc(OCC(O)CNCCC(=O)NCCCO[N+](=O)[O-])c2ccc(=O)[nH]c2c1. The molecule has 4 N–H and O–H groups in total. The van der Waals surface area contributed by atoms with Gasteiger partial charge in [-0.25, -0.2) is 0 Å². The predicted octanol–water partition coefficient (Wildman–Crippen LogP) is 0.271. The zero-order chi connectivity index (χ0) is 21.9. The molecular weight excluding hydrogens is 396 g/mol. The van der Waals surface area contributed by atoms with Crippen LogP contribution in [-0.4, -0.2) is 60.0 Å². The minimum Gasteiger partial charge on any atom is -0.490 e. The zero-order valence-electron chi connectivity index (χ0n) is 16.7. The van der Waals surface area contributed by atoms with E-state index in [9.17, 15) is 24.8 Å². The number of aliphatic hydroxyl groups is 1. The summed E-state index contributed by atoms with van der Waals surface area (Å²) in [6.45, 7) is 2.76. The van der Waals surface area contributed by atoms with Crippen LogP contribution >= 0.6 is 0 Å². The molecule has 0 aliphatic carbocycles. The molecular formula is C19H26N4O7. The van der Waals surface area contributed by atoms with Gasteiger partial charge in [0.25, 0.3) is 5.09 Å². The van der Waals surface area contributed by atoms with Gasteiger partial charge in [0.2, 0.25) is 11.5 Å². The number of rotatable bonds is 13. The molecule has 0 saturated carbocycles. The Morgan fingerprint density at radius 3 is 2.90 bits per heavy atom. The molecule has 1 aromatic carbocycles. The molecule has 11 nitrogen and oxygen atoms in total. The van der Waals surface area contributed by atoms with Crippen LogP contribution in [0.5, 0.6) is 5.75 Å². The summed E-state index contributed by atoms with van der Waals surface area (Å²) in [5.41, 5.74) is 1.39. The van der Waals surface area contributed by atoms with Gasteiger partial charge in [-0.1, -0.05) is 0 Å². The predicted molar refractivity (Wildman–Crippen MR) is 109 cm³/mol. The average Bonchev–Trinajstić information content (AvgIpc) is 2.68. The van der Waals surface area contributed by atoms with Crippen molar-refractivity contribution in [2.24, 2.45) is 0 Å². The molecule has 0 saturated heterocycles. The standard InChI is InChI=1S/C19H26N4O7/c1-13-9-16-15(3-4-19(26)22-16)17(10-13)29-12-14(24)11-20-7-5-18(25)21-6-2-8-30-23(27)28/h3-4,9-10,14,20,24H,2,5-8,11-12H2,1H3,(H,21,25)(H,22,26). The number of carbonyl (C=O) groups excluding carboxylic acids is 1. The molecule has 0 fully saturated rings. The minimum absolute atomic E-state index is 0.0489. The van der Waals surface area contributed by atoms with E-state index in [0.717, 1.165) is 10.9 Å². The Morgan fingerprint density at radius 1 is 1.33 bits per heavy atom. The smallest absolute Gasteiger partial charge is 0.294 e. The Balaban J connectivity index is 1.65. The van der Waals surface area contributed by atoms with Crippen LogP contribution in [0, 0.1) is 17.0 Å². The third kappa shape index (κ3) is 8.05. The van der Waals surface area contributed by atoms with Crippen LogP contribution < -0.4 is 20.9 Å². The van der Waals surface area contributed by atoms with Crippen molar-refractivity contribution in [3.8, 4) is 5.75 Å². The maximum atomic E-state index is 11.6. The van der Waals surface area contributed by atoms with E-state index in [1.54, 1.807) is 6.07 Å². The van der Waals surface area contributed by atoms with Gasteiger partial charge < -0.3 is 30.3 Å². The Morgan fingerprint density at radius 2 is 2.13 bits per heavy atom. The van der Waals surface area contributed by atoms with Crippen molar-refractivity contribution in [2.45, 2.75) is 25.9 Å². The second-order valence-electron chi connectivity index (χ2n) is 6.73. The van der Waals surface area contributed by atoms with Gasteiger partial charge in [-0.05, 0) is 37.1 Å². The summed E-state index contributed by atoms with van der Waals surface area (Å²) in [7, 11) is 0. The first kappa shape index (κ1) is 23.1. The van der Waals surface area contributed by atoms with Gasteiger partial charge in [0.15, 0.2) is 0 Å². The van der Waals surface area contributed by atoms with Crippen molar-refractivity contribution in [2.75, 3.05) is 32.8 Å². The Labute approximate surface area is 172 Å². The van der Waals surface area contributed by atoms with E-state index in [0.29, 0.717) is 30.8 Å². The van der Waals surface area contributed by atoms with E-state index in [-0.39, 0.29) is 37.6 Å². The Hall–Kier alpha value is -3.18. The number of fused-ring (bicyclic) bond motifs is 1. The summed E-state index contributed by atoms with van der Waals surface area (Å²) in [6, 6.07) is 6.78. The topological polar surface area (TPSA) is 156 Å². The van der Waals surface area contributed by atoms with E-state index in [1.807, 2.05) is 19.1 Å². The molecule has 30 heavy (non-hydrogen) atoms. The van der Waals surface area contributed by atoms with Crippen LogP contribution in [0.2, 0.25) is 0 Å². The lowest BCUT2D eigenvalue weighted by Crippen LogP contribution is -2.34. The largest absolute Gasteiger partial charge is 0.490 e. The fourth-order valence-electron chi connectivity index (χ4n) is 2.74. The molecule has 1 aromatic heterocycles. The number of benzene rings is 1. The average molecular weight is 422 g/mol. The van der Waals surface area contributed by atoms with E-state index in [1.165, 1.54) is 6.07 Å². The third-order valence-corrected chi connectivity index (χ3v) is 4.13. The van der Waals surface area contributed by atoms with Crippen LogP contribution in [0.3, 0.4) is 0 Å². The van der Waals surface area contributed by atoms with Gasteiger partial charge in [0, 0.05) is 37.5 Å². The van der Waals surface area contributed by atoms with Crippen LogP contribution in [0.25, 0.3) is 10.9 Å². The molecule has 1 amide bonds. The number of ether oxygens (including phenoxy) is 1. The number of nitrogens with one attached hydrogen (secondary N) is 3. The highest BCUT2D eigenvalue weighted by atomic mass is 16.9. The number of aromatic nitrogens is 1. The number of nitrogens with zero attached hydrogens (tertiary/aromatic N) is 1. The number of amides is 1. The van der Waals surface area contributed by atoms with Gasteiger partial charge >= 0.3 is 0 Å². The summed E-state index contributed by atoms with van der Waals surface area (Å²) in [6.07, 6.45) is -0.234. The van der Waals surface area contributed by atoms with Gasteiger partial charge in [0.05, 0.1) is 12.1 Å². The van der Waals surface area contributed by atoms with Gasteiger partial charge in [-0.2, -0.15) is 0 Å². The van der Waals surface area contributed by atoms with Crippen LogP contribution in [0.4, 0.5) is 0 Å². The van der Waals surface area contributed by atoms with Crippen molar-refractivity contribution in [1.29, 1.82) is 0 Å². The van der Waals surface area contributed by atoms with Crippen molar-refractivity contribution in [1.82, 2.24) is 15.6 Å². The van der Waals surface area contributed by atoms with Gasteiger partial charge in [-0.15, -0.1) is 10.1 Å². The number of H-pyrrole nitrogens is 1. The normalized spacial score (nSPS) is 11.8. The summed E-state index contributed by atoms with van der Waals surface area (Å²) >= 11 is 0. The van der Waals surface area contributed by atoms with Crippen LogP contribution in [0.15, 0.2) is 29.1 Å². The highest BCUT2D eigenvalue weighted by Gasteiger charge is 2.09. The summed E-state index contributed by atoms with van der Waals surface area (Å²) in [5, 5.41) is 25.5. The molecule has 0 aliphatic rings. The van der Waals surface area contributed by atoms with Crippen molar-refractivity contribution < 1.29 is 24.6 Å². The number of aliphatic hydroxyl groups excluding tert-OH is 1. The van der Waals surface area contributed by atoms with Gasteiger partial charge in [-0.3, -0.25) is 9.59 Å². The minimum atomic E-state index is -0.872. The number of aryl methyl sites for hydroxylation is 1. The quantitative estimate of drug-likeness (QED) is 0.204. The molecule has 0 bridgehead atoms. The summed E-state index contributed by atoms with van der Waals surface area (Å²) in [5.74, 6) is 0.371. The Kier molecular flexibility index (Phi) is 9.03. The van der Waals surface area contributed by atoms with Crippen molar-refractivity contribution in [3.05, 3.63) is 50.3 Å². The van der Waals surface area contributed by atoms with Crippen molar-refractivity contribution in [3.63, 3.8) is 0 Å². The van der Waals surface area contributed by atoms with Gasteiger partial charge in [0.1, 0.15) is 18.5 Å². The fourth-order valence-corrected chi connectivity index (χ4v) is 2.74. The maximum absolute atomic E-state index is 11.6. The summed E-state index contributed by atoms with van der Waals surface area (Å²) in [4.78, 5) is 40.0. The number of carbonyl (C=O) groups is 1. The molecule has 1 atom stereocenters. The lowest BCUT2D eigenvalue weighted by Gasteiger charge is -2.15. The first-order valence-corrected chi connectivity index (χ1v) is 9.54. The number of aromatic amines is 1. The zero-order valence-corrected chi connectivity index (χ0v) is 16.7. The molecule has 0 aliphatic heterocycles. The number of hydrogen-bond acceptors (Lipinski definition) is 8. The lowest BCUT2D eigenvalue weighted by molar-refractivity contribution is -0.757. The molecule has 11 heteroatoms. The molecule has 1 unspecified atom stereocenters. The summed E-state index contributed by atoms with van der Waals surface area (Å²) < 4.78 is 5.72. The van der Waals surface area contributed by atoms with Crippen LogP contribution in [0.1, 0.15) is 18.4 Å². The van der Waals surface area contributed by atoms with Crippen LogP contribution in [-0.2, 0) is 9.63 Å². The Bertz CT molecular complexity index is 915. The van der Waals surface area contributed by atoms with E-state index in [4.69, 9.17) is 4.74 Å².